The van der Waals surface area contributed by atoms with Crippen LogP contribution in [0.15, 0.2) is 66.6 Å². The highest BCUT2D eigenvalue weighted by Gasteiger charge is 2.36. The summed E-state index contributed by atoms with van der Waals surface area (Å²) in [5, 5.41) is 6.26. The number of thiophene rings is 1. The molecule has 2 aromatic heterocycles. The minimum Gasteiger partial charge on any atom is -0.292 e. The fraction of sp³-hybridized carbons (Fsp3) is 0.167. The SMILES string of the molecule is O=C1C=C(c2ccccc2)CC(c2cccs2)C1n1cncn1. The van der Waals surface area contributed by atoms with Crippen LogP contribution in [-0.2, 0) is 4.79 Å². The standard InChI is InChI=1S/C18H15N3OS/c22-16-10-14(13-5-2-1-3-6-13)9-15(17-7-4-8-23-17)18(16)21-12-19-11-20-21/h1-8,10-12,15,18H,9H2. The molecule has 114 valence electrons. The fourth-order valence-electron chi connectivity index (χ4n) is 3.15. The van der Waals surface area contributed by atoms with Gasteiger partial charge in [0.1, 0.15) is 18.7 Å². The Hall–Kier alpha value is -2.53. The molecule has 0 fully saturated rings. The molecule has 4 rings (SSSR count). The van der Waals surface area contributed by atoms with E-state index >= 15 is 0 Å². The molecule has 0 amide bonds. The molecule has 0 aliphatic heterocycles. The molecule has 0 saturated carbocycles. The Labute approximate surface area is 138 Å². The van der Waals surface area contributed by atoms with Gasteiger partial charge in [-0.15, -0.1) is 11.3 Å². The van der Waals surface area contributed by atoms with Crippen molar-refractivity contribution in [2.24, 2.45) is 0 Å². The van der Waals surface area contributed by atoms with E-state index in [4.69, 9.17) is 0 Å². The van der Waals surface area contributed by atoms with Gasteiger partial charge in [0.05, 0.1) is 0 Å². The largest absolute Gasteiger partial charge is 0.292 e. The van der Waals surface area contributed by atoms with E-state index in [1.165, 1.54) is 11.2 Å². The van der Waals surface area contributed by atoms with Crippen LogP contribution in [-0.4, -0.2) is 20.5 Å². The van der Waals surface area contributed by atoms with Crippen LogP contribution in [0.25, 0.3) is 5.57 Å². The van der Waals surface area contributed by atoms with Crippen LogP contribution in [0.4, 0.5) is 0 Å². The summed E-state index contributed by atoms with van der Waals surface area (Å²) in [4.78, 5) is 18.0. The molecule has 2 unspecified atom stereocenters. The number of allylic oxidation sites excluding steroid dienone is 2. The second-order valence-corrected chi connectivity index (χ2v) is 6.56. The Kier molecular flexibility index (Phi) is 3.63. The maximum absolute atomic E-state index is 12.8. The van der Waals surface area contributed by atoms with Crippen molar-refractivity contribution in [1.29, 1.82) is 0 Å². The van der Waals surface area contributed by atoms with Crippen molar-refractivity contribution in [3.05, 3.63) is 77.0 Å². The fourth-order valence-corrected chi connectivity index (χ4v) is 4.01. The molecule has 2 heterocycles. The third-order valence-electron chi connectivity index (χ3n) is 4.20. The third-order valence-corrected chi connectivity index (χ3v) is 5.21. The van der Waals surface area contributed by atoms with Crippen molar-refractivity contribution in [1.82, 2.24) is 14.8 Å². The molecule has 5 heteroatoms. The summed E-state index contributed by atoms with van der Waals surface area (Å²) in [6.45, 7) is 0. The van der Waals surface area contributed by atoms with E-state index in [1.807, 2.05) is 24.3 Å². The first kappa shape index (κ1) is 14.1. The Morgan fingerprint density at radius 3 is 2.70 bits per heavy atom. The van der Waals surface area contributed by atoms with Crippen LogP contribution in [0.2, 0.25) is 0 Å². The molecule has 0 saturated heterocycles. The molecule has 3 aromatic rings. The first-order valence-electron chi connectivity index (χ1n) is 7.50. The summed E-state index contributed by atoms with van der Waals surface area (Å²) < 4.78 is 1.69. The zero-order valence-electron chi connectivity index (χ0n) is 12.4. The van der Waals surface area contributed by atoms with Crippen LogP contribution < -0.4 is 0 Å². The Morgan fingerprint density at radius 2 is 2.00 bits per heavy atom. The average Bonchev–Trinajstić information content (AvgIpc) is 3.28. The van der Waals surface area contributed by atoms with Gasteiger partial charge in [-0.3, -0.25) is 4.79 Å². The molecular weight excluding hydrogens is 306 g/mol. The zero-order valence-corrected chi connectivity index (χ0v) is 13.2. The number of aromatic nitrogens is 3. The Balaban J connectivity index is 1.78. The highest BCUT2D eigenvalue weighted by molar-refractivity contribution is 7.10. The Bertz CT molecular complexity index is 823. The van der Waals surface area contributed by atoms with Gasteiger partial charge in [-0.2, -0.15) is 5.10 Å². The average molecular weight is 321 g/mol. The number of benzene rings is 1. The minimum absolute atomic E-state index is 0.0824. The summed E-state index contributed by atoms with van der Waals surface area (Å²) in [7, 11) is 0. The van der Waals surface area contributed by atoms with Gasteiger partial charge in [-0.1, -0.05) is 36.4 Å². The zero-order chi connectivity index (χ0) is 15.6. The number of carbonyl (C=O) groups excluding carboxylic acids is 1. The van der Waals surface area contributed by atoms with Gasteiger partial charge in [0, 0.05) is 10.8 Å². The summed E-state index contributed by atoms with van der Waals surface area (Å²) in [6, 6.07) is 13.9. The quantitative estimate of drug-likeness (QED) is 0.738. The molecular formula is C18H15N3OS. The third kappa shape index (κ3) is 2.64. The highest BCUT2D eigenvalue weighted by Crippen LogP contribution is 2.43. The smallest absolute Gasteiger partial charge is 0.181 e. The first-order chi connectivity index (χ1) is 11.3. The summed E-state index contributed by atoms with van der Waals surface area (Å²) >= 11 is 1.69. The molecule has 0 bridgehead atoms. The van der Waals surface area contributed by atoms with Gasteiger partial charge in [-0.05, 0) is 35.1 Å². The van der Waals surface area contributed by atoms with Gasteiger partial charge in [0.25, 0.3) is 0 Å². The number of carbonyl (C=O) groups is 1. The van der Waals surface area contributed by atoms with E-state index in [2.05, 4.69) is 33.7 Å². The van der Waals surface area contributed by atoms with Crippen LogP contribution >= 0.6 is 11.3 Å². The number of hydrogen-bond acceptors (Lipinski definition) is 4. The van der Waals surface area contributed by atoms with Crippen LogP contribution in [0, 0.1) is 0 Å². The van der Waals surface area contributed by atoms with E-state index in [-0.39, 0.29) is 17.7 Å². The van der Waals surface area contributed by atoms with Gasteiger partial charge >= 0.3 is 0 Å². The maximum atomic E-state index is 12.8. The second-order valence-electron chi connectivity index (χ2n) is 5.58. The molecule has 0 N–H and O–H groups in total. The normalized spacial score (nSPS) is 21.2. The van der Waals surface area contributed by atoms with E-state index in [9.17, 15) is 4.79 Å². The lowest BCUT2D eigenvalue weighted by atomic mass is 9.80. The lowest BCUT2D eigenvalue weighted by Gasteiger charge is -2.29. The minimum atomic E-state index is -0.316. The maximum Gasteiger partial charge on any atom is 0.181 e. The topological polar surface area (TPSA) is 47.8 Å². The van der Waals surface area contributed by atoms with E-state index in [0.717, 1.165) is 17.6 Å². The van der Waals surface area contributed by atoms with Gasteiger partial charge in [0.2, 0.25) is 0 Å². The molecule has 4 nitrogen and oxygen atoms in total. The summed E-state index contributed by atoms with van der Waals surface area (Å²) in [6.07, 6.45) is 5.70. The van der Waals surface area contributed by atoms with Crippen molar-refractivity contribution in [2.45, 2.75) is 18.4 Å². The molecule has 2 atom stereocenters. The first-order valence-corrected chi connectivity index (χ1v) is 8.38. The Morgan fingerprint density at radius 1 is 1.13 bits per heavy atom. The van der Waals surface area contributed by atoms with E-state index in [0.29, 0.717) is 0 Å². The van der Waals surface area contributed by atoms with E-state index < -0.39 is 0 Å². The van der Waals surface area contributed by atoms with Crippen molar-refractivity contribution < 1.29 is 4.79 Å². The summed E-state index contributed by atoms with van der Waals surface area (Å²) in [5.41, 5.74) is 2.20. The van der Waals surface area contributed by atoms with Crippen LogP contribution in [0.5, 0.6) is 0 Å². The molecule has 1 aliphatic carbocycles. The number of rotatable bonds is 3. The molecule has 0 spiro atoms. The highest BCUT2D eigenvalue weighted by atomic mass is 32.1. The lowest BCUT2D eigenvalue weighted by molar-refractivity contribution is -0.118. The predicted molar refractivity (Wildman–Crippen MR) is 90.2 cm³/mol. The number of ketones is 1. The van der Waals surface area contributed by atoms with Crippen molar-refractivity contribution >= 4 is 22.7 Å². The predicted octanol–water partition coefficient (Wildman–Crippen LogP) is 3.72. The van der Waals surface area contributed by atoms with Gasteiger partial charge in [-0.25, -0.2) is 9.67 Å². The van der Waals surface area contributed by atoms with Crippen LogP contribution in [0.3, 0.4) is 0 Å². The van der Waals surface area contributed by atoms with Crippen molar-refractivity contribution in [3.8, 4) is 0 Å². The monoisotopic (exact) mass is 321 g/mol. The number of nitrogens with zero attached hydrogens (tertiary/aromatic N) is 3. The van der Waals surface area contributed by atoms with Crippen molar-refractivity contribution in [2.75, 3.05) is 0 Å². The second kappa shape index (κ2) is 5.93. The molecule has 1 aliphatic rings. The lowest BCUT2D eigenvalue weighted by Crippen LogP contribution is -2.28. The molecule has 23 heavy (non-hydrogen) atoms. The molecule has 0 radical (unpaired) electrons. The summed E-state index contributed by atoms with van der Waals surface area (Å²) in [5.74, 6) is 0.170. The molecule has 1 aromatic carbocycles. The van der Waals surface area contributed by atoms with Crippen molar-refractivity contribution in [3.63, 3.8) is 0 Å². The van der Waals surface area contributed by atoms with Gasteiger partial charge in [0.15, 0.2) is 5.78 Å². The van der Waals surface area contributed by atoms with Crippen LogP contribution in [0.1, 0.15) is 28.8 Å². The number of hydrogen-bond donors (Lipinski definition) is 0. The van der Waals surface area contributed by atoms with E-state index in [1.54, 1.807) is 28.4 Å². The van der Waals surface area contributed by atoms with Gasteiger partial charge < -0.3 is 0 Å².